The Morgan fingerprint density at radius 2 is 1.73 bits per heavy atom. The van der Waals surface area contributed by atoms with Crippen LogP contribution in [0.25, 0.3) is 0 Å². The van der Waals surface area contributed by atoms with Gasteiger partial charge in [0.05, 0.1) is 11.3 Å². The highest BCUT2D eigenvalue weighted by molar-refractivity contribution is 7.80. The molecule has 2 amide bonds. The molecule has 0 bridgehead atoms. The summed E-state index contributed by atoms with van der Waals surface area (Å²) in [5.74, 6) is -1.10. The molecule has 26 heavy (non-hydrogen) atoms. The first-order valence-corrected chi connectivity index (χ1v) is 8.67. The van der Waals surface area contributed by atoms with Crippen molar-refractivity contribution in [1.82, 2.24) is 10.6 Å². The van der Waals surface area contributed by atoms with E-state index in [9.17, 15) is 14.0 Å². The maximum Gasteiger partial charge on any atom is 0.257 e. The molecule has 0 atom stereocenters. The number of halogens is 1. The van der Waals surface area contributed by atoms with Crippen molar-refractivity contribution >= 4 is 34.8 Å². The number of hydrogen-bond donors (Lipinski definition) is 3. The largest absolute Gasteiger partial charge is 0.352 e. The normalized spacial score (nSPS) is 10.1. The third kappa shape index (κ3) is 5.63. The van der Waals surface area contributed by atoms with Crippen molar-refractivity contribution in [2.75, 3.05) is 11.9 Å². The second-order valence-electron chi connectivity index (χ2n) is 5.57. The molecule has 0 aliphatic rings. The smallest absolute Gasteiger partial charge is 0.257 e. The van der Waals surface area contributed by atoms with Gasteiger partial charge in [-0.15, -0.1) is 0 Å². The monoisotopic (exact) mass is 373 g/mol. The van der Waals surface area contributed by atoms with Crippen molar-refractivity contribution in [3.63, 3.8) is 0 Å². The van der Waals surface area contributed by atoms with Crippen molar-refractivity contribution in [1.29, 1.82) is 0 Å². The number of carbonyl (C=O) groups is 2. The summed E-state index contributed by atoms with van der Waals surface area (Å²) in [5.41, 5.74) is 1.20. The van der Waals surface area contributed by atoms with E-state index in [0.717, 1.165) is 12.8 Å². The van der Waals surface area contributed by atoms with Gasteiger partial charge in [0.2, 0.25) is 0 Å². The maximum atomic E-state index is 12.9. The van der Waals surface area contributed by atoms with Crippen LogP contribution in [0.5, 0.6) is 0 Å². The maximum absolute atomic E-state index is 12.9. The molecule has 0 unspecified atom stereocenters. The summed E-state index contributed by atoms with van der Waals surface area (Å²) in [4.78, 5) is 24.4. The number of nitrogens with one attached hydrogen (secondary N) is 3. The summed E-state index contributed by atoms with van der Waals surface area (Å²) in [6.45, 7) is 2.64. The molecular weight excluding hydrogens is 353 g/mol. The molecule has 0 fully saturated rings. The molecule has 0 aliphatic carbocycles. The van der Waals surface area contributed by atoms with Gasteiger partial charge in [0.15, 0.2) is 5.11 Å². The third-order valence-corrected chi connectivity index (χ3v) is 3.77. The third-order valence-electron chi connectivity index (χ3n) is 3.57. The minimum absolute atomic E-state index is 0.0492. The zero-order valence-electron chi connectivity index (χ0n) is 14.3. The summed E-state index contributed by atoms with van der Waals surface area (Å²) < 4.78 is 12.9. The van der Waals surface area contributed by atoms with Crippen molar-refractivity contribution in [2.24, 2.45) is 0 Å². The highest BCUT2D eigenvalue weighted by Gasteiger charge is 2.13. The van der Waals surface area contributed by atoms with Crippen LogP contribution >= 0.6 is 12.2 Å². The summed E-state index contributed by atoms with van der Waals surface area (Å²) in [5, 5.41) is 8.26. The molecule has 0 aromatic heterocycles. The van der Waals surface area contributed by atoms with Gasteiger partial charge in [0, 0.05) is 12.1 Å². The average molecular weight is 373 g/mol. The van der Waals surface area contributed by atoms with Crippen molar-refractivity contribution in [3.8, 4) is 0 Å². The Balaban J connectivity index is 2.01. The van der Waals surface area contributed by atoms with Gasteiger partial charge in [0.1, 0.15) is 5.82 Å². The second-order valence-corrected chi connectivity index (χ2v) is 5.98. The minimum Gasteiger partial charge on any atom is -0.352 e. The van der Waals surface area contributed by atoms with Gasteiger partial charge >= 0.3 is 0 Å². The summed E-state index contributed by atoms with van der Waals surface area (Å²) in [6.07, 6.45) is 1.88. The van der Waals surface area contributed by atoms with Crippen LogP contribution in [0.4, 0.5) is 10.1 Å². The van der Waals surface area contributed by atoms with Gasteiger partial charge in [-0.2, -0.15) is 0 Å². The van der Waals surface area contributed by atoms with Crippen molar-refractivity contribution in [2.45, 2.75) is 19.8 Å². The number of amides is 2. The van der Waals surface area contributed by atoms with E-state index in [4.69, 9.17) is 12.2 Å². The fraction of sp³-hybridized carbons (Fsp3) is 0.211. The number of unbranched alkanes of at least 4 members (excludes halogenated alkanes) is 1. The molecule has 0 aliphatic heterocycles. The van der Waals surface area contributed by atoms with Gasteiger partial charge < -0.3 is 10.6 Å². The topological polar surface area (TPSA) is 70.2 Å². The lowest BCUT2D eigenvalue weighted by molar-refractivity contribution is 0.0952. The van der Waals surface area contributed by atoms with E-state index in [2.05, 4.69) is 16.0 Å². The first kappa shape index (κ1) is 19.5. The molecular formula is C19H20FN3O2S. The van der Waals surface area contributed by atoms with Crippen LogP contribution in [0.3, 0.4) is 0 Å². The first-order valence-electron chi connectivity index (χ1n) is 8.26. The number of carbonyl (C=O) groups excluding carboxylic acids is 2. The molecule has 7 heteroatoms. The van der Waals surface area contributed by atoms with Gasteiger partial charge in [-0.1, -0.05) is 25.5 Å². The quantitative estimate of drug-likeness (QED) is 0.536. The lowest BCUT2D eigenvalue weighted by atomic mass is 10.1. The Labute approximate surface area is 157 Å². The highest BCUT2D eigenvalue weighted by atomic mass is 32.1. The second kappa shape index (κ2) is 9.62. The lowest BCUT2D eigenvalue weighted by Gasteiger charge is -2.13. The molecule has 0 radical (unpaired) electrons. The molecule has 0 heterocycles. The molecule has 2 aromatic rings. The number of benzene rings is 2. The summed E-state index contributed by atoms with van der Waals surface area (Å²) >= 11 is 5.14. The average Bonchev–Trinajstić information content (AvgIpc) is 2.62. The lowest BCUT2D eigenvalue weighted by Crippen LogP contribution is -2.35. The number of thiocarbonyl (C=S) groups is 1. The molecule has 136 valence electrons. The Morgan fingerprint density at radius 3 is 2.42 bits per heavy atom. The Morgan fingerprint density at radius 1 is 1.04 bits per heavy atom. The Hall–Kier alpha value is -2.80. The Kier molecular flexibility index (Phi) is 7.23. The van der Waals surface area contributed by atoms with E-state index >= 15 is 0 Å². The van der Waals surface area contributed by atoms with Crippen molar-refractivity contribution < 1.29 is 14.0 Å². The first-order chi connectivity index (χ1) is 12.5. The zero-order chi connectivity index (χ0) is 18.9. The number of rotatable bonds is 6. The standard InChI is InChI=1S/C19H20FN3O2S/c1-2-3-12-21-18(25)15-6-4-5-7-16(15)22-19(26)23-17(24)13-8-10-14(20)11-9-13/h4-11H,2-3,12H2,1H3,(H,21,25)(H2,22,23,24,26). The summed E-state index contributed by atoms with van der Waals surface area (Å²) in [7, 11) is 0. The fourth-order valence-electron chi connectivity index (χ4n) is 2.19. The van der Waals surface area contributed by atoms with Crippen LogP contribution in [0, 0.1) is 5.82 Å². The van der Waals surface area contributed by atoms with E-state index in [1.54, 1.807) is 24.3 Å². The zero-order valence-corrected chi connectivity index (χ0v) is 15.2. The number of hydrogen-bond acceptors (Lipinski definition) is 3. The molecule has 2 aromatic carbocycles. The van der Waals surface area contributed by atoms with E-state index in [1.165, 1.54) is 24.3 Å². The molecule has 3 N–H and O–H groups in total. The van der Waals surface area contributed by atoms with Crippen LogP contribution in [-0.4, -0.2) is 23.5 Å². The van der Waals surface area contributed by atoms with Gasteiger partial charge in [-0.3, -0.25) is 14.9 Å². The van der Waals surface area contributed by atoms with E-state index < -0.39 is 11.7 Å². The fourth-order valence-corrected chi connectivity index (χ4v) is 2.40. The van der Waals surface area contributed by atoms with Crippen LogP contribution < -0.4 is 16.0 Å². The Bertz CT molecular complexity index is 794. The van der Waals surface area contributed by atoms with Gasteiger partial charge in [0.25, 0.3) is 11.8 Å². The van der Waals surface area contributed by atoms with Gasteiger partial charge in [-0.25, -0.2) is 4.39 Å². The van der Waals surface area contributed by atoms with Crippen molar-refractivity contribution in [3.05, 3.63) is 65.5 Å². The highest BCUT2D eigenvalue weighted by Crippen LogP contribution is 2.15. The predicted molar refractivity (Wildman–Crippen MR) is 104 cm³/mol. The van der Waals surface area contributed by atoms with Gasteiger partial charge in [-0.05, 0) is 55.0 Å². The molecule has 0 saturated heterocycles. The molecule has 5 nitrogen and oxygen atoms in total. The van der Waals surface area contributed by atoms with Crippen LogP contribution in [0.1, 0.15) is 40.5 Å². The van der Waals surface area contributed by atoms with E-state index in [0.29, 0.717) is 17.8 Å². The van der Waals surface area contributed by atoms with Crippen LogP contribution in [-0.2, 0) is 0 Å². The number of anilines is 1. The molecule has 0 saturated carbocycles. The van der Waals surface area contributed by atoms with E-state index in [1.807, 2.05) is 6.92 Å². The van der Waals surface area contributed by atoms with Crippen LogP contribution in [0.2, 0.25) is 0 Å². The molecule has 2 rings (SSSR count). The molecule has 0 spiro atoms. The summed E-state index contributed by atoms with van der Waals surface area (Å²) in [6, 6.07) is 12.0. The SMILES string of the molecule is CCCCNC(=O)c1ccccc1NC(=S)NC(=O)c1ccc(F)cc1. The number of para-hydroxylation sites is 1. The van der Waals surface area contributed by atoms with Crippen LogP contribution in [0.15, 0.2) is 48.5 Å². The minimum atomic E-state index is -0.465. The predicted octanol–water partition coefficient (Wildman–Crippen LogP) is 3.48. The van der Waals surface area contributed by atoms with E-state index in [-0.39, 0.29) is 16.6 Å².